The molecule has 0 atom stereocenters. The molecule has 1 heterocycles. The van der Waals surface area contributed by atoms with Crippen molar-refractivity contribution in [1.82, 2.24) is 9.71 Å². The summed E-state index contributed by atoms with van der Waals surface area (Å²) in [6.07, 6.45) is 3.39. The molecular weight excluding hydrogens is 238 g/mol. The van der Waals surface area contributed by atoms with Gasteiger partial charge in [-0.05, 0) is 30.9 Å². The summed E-state index contributed by atoms with van der Waals surface area (Å²) in [6, 6.07) is 3.25. The number of rotatable bonds is 4. The third-order valence-electron chi connectivity index (χ3n) is 2.99. The van der Waals surface area contributed by atoms with Gasteiger partial charge in [0, 0.05) is 19.3 Å². The van der Waals surface area contributed by atoms with Crippen molar-refractivity contribution in [2.75, 3.05) is 12.4 Å². The maximum Gasteiger partial charge on any atom is 0.244 e. The molecule has 0 radical (unpaired) electrons. The third kappa shape index (κ3) is 2.58. The van der Waals surface area contributed by atoms with Gasteiger partial charge in [0.15, 0.2) is 0 Å². The summed E-state index contributed by atoms with van der Waals surface area (Å²) in [5.41, 5.74) is 0. The molecule has 0 bridgehead atoms. The molecule has 1 aliphatic carbocycles. The quantitative estimate of drug-likeness (QED) is 0.848. The Morgan fingerprint density at radius 1 is 1.41 bits per heavy atom. The van der Waals surface area contributed by atoms with Crippen LogP contribution in [0, 0.1) is 5.92 Å². The minimum absolute atomic E-state index is 0.0694. The molecule has 0 aromatic carbocycles. The van der Waals surface area contributed by atoms with Gasteiger partial charge in [-0.25, -0.2) is 18.1 Å². The van der Waals surface area contributed by atoms with Gasteiger partial charge in [0.2, 0.25) is 10.0 Å². The first-order chi connectivity index (χ1) is 8.03. The SMILES string of the molecule is CNc1ncccc1S(=O)(=O)NC1CC(C)C1. The van der Waals surface area contributed by atoms with Crippen LogP contribution in [0.25, 0.3) is 0 Å². The highest BCUT2D eigenvalue weighted by atomic mass is 32.2. The molecule has 1 aromatic rings. The largest absolute Gasteiger partial charge is 0.372 e. The summed E-state index contributed by atoms with van der Waals surface area (Å²) in [4.78, 5) is 4.21. The fourth-order valence-electron chi connectivity index (χ4n) is 2.08. The van der Waals surface area contributed by atoms with Gasteiger partial charge in [-0.2, -0.15) is 0 Å². The summed E-state index contributed by atoms with van der Waals surface area (Å²) in [7, 11) is -1.80. The molecule has 0 aliphatic heterocycles. The van der Waals surface area contributed by atoms with Gasteiger partial charge in [-0.1, -0.05) is 6.92 Å². The lowest BCUT2D eigenvalue weighted by Gasteiger charge is -2.32. The highest BCUT2D eigenvalue weighted by Gasteiger charge is 2.30. The molecule has 1 aliphatic rings. The van der Waals surface area contributed by atoms with Crippen LogP contribution in [0.3, 0.4) is 0 Å². The average Bonchev–Trinajstić information content (AvgIpc) is 2.26. The Morgan fingerprint density at radius 2 is 2.12 bits per heavy atom. The van der Waals surface area contributed by atoms with Crippen LogP contribution >= 0.6 is 0 Å². The molecule has 0 unspecified atom stereocenters. The van der Waals surface area contributed by atoms with Crippen molar-refractivity contribution < 1.29 is 8.42 Å². The topological polar surface area (TPSA) is 71.1 Å². The highest BCUT2D eigenvalue weighted by molar-refractivity contribution is 7.89. The van der Waals surface area contributed by atoms with E-state index in [4.69, 9.17) is 0 Å². The summed E-state index contributed by atoms with van der Waals surface area (Å²) in [5.74, 6) is 0.993. The number of pyridine rings is 1. The zero-order valence-corrected chi connectivity index (χ0v) is 10.8. The van der Waals surface area contributed by atoms with Gasteiger partial charge in [-0.15, -0.1) is 0 Å². The molecule has 0 amide bonds. The van der Waals surface area contributed by atoms with Gasteiger partial charge in [0.1, 0.15) is 10.7 Å². The first kappa shape index (κ1) is 12.3. The van der Waals surface area contributed by atoms with Crippen LogP contribution in [0.15, 0.2) is 23.2 Å². The number of anilines is 1. The number of nitrogens with zero attached hydrogens (tertiary/aromatic N) is 1. The predicted molar refractivity (Wildman–Crippen MR) is 66.3 cm³/mol. The van der Waals surface area contributed by atoms with E-state index < -0.39 is 10.0 Å². The summed E-state index contributed by atoms with van der Waals surface area (Å²) < 4.78 is 27.0. The summed E-state index contributed by atoms with van der Waals surface area (Å²) in [6.45, 7) is 2.12. The molecular formula is C11H17N3O2S. The van der Waals surface area contributed by atoms with Crippen molar-refractivity contribution in [3.05, 3.63) is 18.3 Å². The third-order valence-corrected chi connectivity index (χ3v) is 4.54. The van der Waals surface area contributed by atoms with Crippen molar-refractivity contribution in [3.63, 3.8) is 0 Å². The lowest BCUT2D eigenvalue weighted by atomic mass is 9.83. The Hall–Kier alpha value is -1.14. The van der Waals surface area contributed by atoms with Gasteiger partial charge in [0.25, 0.3) is 0 Å². The Bertz CT molecular complexity index is 495. The zero-order chi connectivity index (χ0) is 12.5. The van der Waals surface area contributed by atoms with E-state index in [-0.39, 0.29) is 10.9 Å². The second kappa shape index (κ2) is 4.62. The molecule has 6 heteroatoms. The fourth-order valence-corrected chi connectivity index (χ4v) is 3.50. The summed E-state index contributed by atoms with van der Waals surface area (Å²) >= 11 is 0. The average molecular weight is 255 g/mol. The Kier molecular flexibility index (Phi) is 3.35. The van der Waals surface area contributed by atoms with E-state index in [1.807, 2.05) is 0 Å². The molecule has 94 valence electrons. The predicted octanol–water partition coefficient (Wildman–Crippen LogP) is 1.20. The maximum atomic E-state index is 12.1. The molecule has 0 saturated heterocycles. The maximum absolute atomic E-state index is 12.1. The van der Waals surface area contributed by atoms with Crippen molar-refractivity contribution in [2.24, 2.45) is 5.92 Å². The van der Waals surface area contributed by atoms with Gasteiger partial charge in [-0.3, -0.25) is 0 Å². The van der Waals surface area contributed by atoms with Crippen LogP contribution in [-0.2, 0) is 10.0 Å². The van der Waals surface area contributed by atoms with Crippen LogP contribution in [0.1, 0.15) is 19.8 Å². The molecule has 0 spiro atoms. The van der Waals surface area contributed by atoms with Crippen molar-refractivity contribution >= 4 is 15.8 Å². The minimum atomic E-state index is -3.46. The van der Waals surface area contributed by atoms with Crippen LogP contribution in [0.2, 0.25) is 0 Å². The van der Waals surface area contributed by atoms with E-state index >= 15 is 0 Å². The van der Waals surface area contributed by atoms with E-state index in [1.165, 1.54) is 0 Å². The Morgan fingerprint density at radius 3 is 2.71 bits per heavy atom. The van der Waals surface area contributed by atoms with Crippen LogP contribution in [0.4, 0.5) is 5.82 Å². The van der Waals surface area contributed by atoms with Crippen LogP contribution < -0.4 is 10.0 Å². The number of aromatic nitrogens is 1. The first-order valence-corrected chi connectivity index (χ1v) is 7.16. The van der Waals surface area contributed by atoms with Crippen molar-refractivity contribution in [1.29, 1.82) is 0 Å². The lowest BCUT2D eigenvalue weighted by Crippen LogP contribution is -2.43. The summed E-state index contributed by atoms with van der Waals surface area (Å²) in [5, 5.41) is 2.79. The van der Waals surface area contributed by atoms with Gasteiger partial charge in [0.05, 0.1) is 0 Å². The second-order valence-electron chi connectivity index (χ2n) is 4.49. The van der Waals surface area contributed by atoms with E-state index in [0.29, 0.717) is 11.7 Å². The molecule has 1 aromatic heterocycles. The molecule has 1 saturated carbocycles. The van der Waals surface area contributed by atoms with E-state index in [1.54, 1.807) is 25.4 Å². The van der Waals surface area contributed by atoms with Crippen LogP contribution in [-0.4, -0.2) is 26.5 Å². The molecule has 5 nitrogen and oxygen atoms in total. The smallest absolute Gasteiger partial charge is 0.244 e. The van der Waals surface area contributed by atoms with Gasteiger partial charge < -0.3 is 5.32 Å². The monoisotopic (exact) mass is 255 g/mol. The first-order valence-electron chi connectivity index (χ1n) is 5.68. The normalized spacial score (nSPS) is 24.1. The molecule has 1 fully saturated rings. The van der Waals surface area contributed by atoms with E-state index in [2.05, 4.69) is 21.9 Å². The number of hydrogen-bond donors (Lipinski definition) is 2. The van der Waals surface area contributed by atoms with Crippen LogP contribution in [0.5, 0.6) is 0 Å². The Balaban J connectivity index is 2.19. The minimum Gasteiger partial charge on any atom is -0.372 e. The fraction of sp³-hybridized carbons (Fsp3) is 0.545. The van der Waals surface area contributed by atoms with Crippen molar-refractivity contribution in [2.45, 2.75) is 30.7 Å². The van der Waals surface area contributed by atoms with Gasteiger partial charge >= 0.3 is 0 Å². The number of nitrogens with one attached hydrogen (secondary N) is 2. The molecule has 17 heavy (non-hydrogen) atoms. The van der Waals surface area contributed by atoms with E-state index in [9.17, 15) is 8.42 Å². The zero-order valence-electron chi connectivity index (χ0n) is 9.97. The van der Waals surface area contributed by atoms with Crippen molar-refractivity contribution in [3.8, 4) is 0 Å². The number of hydrogen-bond acceptors (Lipinski definition) is 4. The second-order valence-corrected chi connectivity index (χ2v) is 6.18. The van der Waals surface area contributed by atoms with E-state index in [0.717, 1.165) is 12.8 Å². The Labute approximate surface area is 102 Å². The number of sulfonamides is 1. The molecule has 2 rings (SSSR count). The standard InChI is InChI=1S/C11H17N3O2S/c1-8-6-9(7-8)14-17(15,16)10-4-3-5-13-11(10)12-2/h3-5,8-9,14H,6-7H2,1-2H3,(H,12,13). The lowest BCUT2D eigenvalue weighted by molar-refractivity contribution is 0.270. The highest BCUT2D eigenvalue weighted by Crippen LogP contribution is 2.28. The molecule has 2 N–H and O–H groups in total.